The third kappa shape index (κ3) is 4.60. The van der Waals surface area contributed by atoms with Gasteiger partial charge in [-0.2, -0.15) is 0 Å². The van der Waals surface area contributed by atoms with Crippen LogP contribution in [0.15, 0.2) is 42.5 Å². The molecule has 0 saturated carbocycles. The molecule has 1 atom stereocenters. The second-order valence-electron chi connectivity index (χ2n) is 4.75. The maximum atomic E-state index is 13.0. The first-order chi connectivity index (χ1) is 11.0. The van der Waals surface area contributed by atoms with Crippen LogP contribution in [-0.2, 0) is 4.79 Å². The average molecular weight is 338 g/mol. The molecule has 6 heteroatoms. The van der Waals surface area contributed by atoms with Crippen LogP contribution in [0.1, 0.15) is 13.8 Å². The fraction of sp³-hybridized carbons (Fsp3) is 0.235. The molecule has 0 unspecified atom stereocenters. The molecule has 1 N–H and O–H groups in total. The highest BCUT2D eigenvalue weighted by molar-refractivity contribution is 6.33. The van der Waals surface area contributed by atoms with Crippen molar-refractivity contribution in [2.24, 2.45) is 0 Å². The van der Waals surface area contributed by atoms with Gasteiger partial charge in [-0.25, -0.2) is 4.39 Å². The molecule has 0 bridgehead atoms. The van der Waals surface area contributed by atoms with Crippen LogP contribution in [0, 0.1) is 5.82 Å². The van der Waals surface area contributed by atoms with Crippen molar-refractivity contribution in [1.29, 1.82) is 0 Å². The van der Waals surface area contributed by atoms with E-state index in [2.05, 4.69) is 5.32 Å². The lowest BCUT2D eigenvalue weighted by Gasteiger charge is -2.17. The highest BCUT2D eigenvalue weighted by Gasteiger charge is 2.18. The molecule has 0 aliphatic carbocycles. The summed E-state index contributed by atoms with van der Waals surface area (Å²) >= 11 is 5.89. The van der Waals surface area contributed by atoms with Crippen LogP contribution < -0.4 is 14.8 Å². The van der Waals surface area contributed by atoms with E-state index in [1.54, 1.807) is 25.1 Å². The molecule has 2 aromatic rings. The predicted octanol–water partition coefficient (Wildman–Crippen LogP) is 4.28. The van der Waals surface area contributed by atoms with E-state index in [1.807, 2.05) is 13.0 Å². The summed E-state index contributed by atoms with van der Waals surface area (Å²) in [5.74, 6) is 0.171. The average Bonchev–Trinajstić information content (AvgIpc) is 2.52. The molecule has 0 aliphatic heterocycles. The Bertz CT molecular complexity index is 693. The fourth-order valence-electron chi connectivity index (χ4n) is 1.89. The van der Waals surface area contributed by atoms with E-state index in [-0.39, 0.29) is 5.02 Å². The number of hydrogen-bond acceptors (Lipinski definition) is 3. The van der Waals surface area contributed by atoms with Crippen molar-refractivity contribution in [3.05, 3.63) is 53.3 Å². The van der Waals surface area contributed by atoms with Crippen LogP contribution in [0.4, 0.5) is 10.1 Å². The van der Waals surface area contributed by atoms with Gasteiger partial charge in [0.25, 0.3) is 5.91 Å². The van der Waals surface area contributed by atoms with E-state index in [4.69, 9.17) is 21.1 Å². The van der Waals surface area contributed by atoms with Gasteiger partial charge in [-0.05, 0) is 44.2 Å². The first-order valence-electron chi connectivity index (χ1n) is 7.15. The number of halogens is 2. The topological polar surface area (TPSA) is 47.6 Å². The van der Waals surface area contributed by atoms with Gasteiger partial charge in [0.15, 0.2) is 17.6 Å². The number of anilines is 1. The Hall–Kier alpha value is -2.27. The molecule has 0 spiro atoms. The van der Waals surface area contributed by atoms with Crippen LogP contribution in [0.2, 0.25) is 5.02 Å². The number of para-hydroxylation sites is 2. The van der Waals surface area contributed by atoms with Crippen molar-refractivity contribution in [1.82, 2.24) is 0 Å². The smallest absolute Gasteiger partial charge is 0.265 e. The SMILES string of the molecule is CCOc1ccccc1O[C@@H](C)C(=O)Nc1ccc(F)cc1Cl. The molecule has 0 fully saturated rings. The molecule has 2 rings (SSSR count). The van der Waals surface area contributed by atoms with Crippen molar-refractivity contribution in [2.75, 3.05) is 11.9 Å². The van der Waals surface area contributed by atoms with Crippen LogP contribution in [0.25, 0.3) is 0 Å². The highest BCUT2D eigenvalue weighted by Crippen LogP contribution is 2.28. The number of carbonyl (C=O) groups excluding carboxylic acids is 1. The van der Waals surface area contributed by atoms with Gasteiger partial charge >= 0.3 is 0 Å². The summed E-state index contributed by atoms with van der Waals surface area (Å²) in [5.41, 5.74) is 0.326. The van der Waals surface area contributed by atoms with E-state index < -0.39 is 17.8 Å². The monoisotopic (exact) mass is 337 g/mol. The maximum Gasteiger partial charge on any atom is 0.265 e. The Labute approximate surface area is 139 Å². The van der Waals surface area contributed by atoms with Crippen LogP contribution in [0.5, 0.6) is 11.5 Å². The lowest BCUT2D eigenvalue weighted by atomic mass is 10.2. The Morgan fingerprint density at radius 1 is 1.26 bits per heavy atom. The molecule has 0 radical (unpaired) electrons. The van der Waals surface area contributed by atoms with Crippen LogP contribution in [-0.4, -0.2) is 18.6 Å². The summed E-state index contributed by atoms with van der Waals surface area (Å²) < 4.78 is 24.1. The number of carbonyl (C=O) groups is 1. The Kier molecular flexibility index (Phi) is 5.82. The van der Waals surface area contributed by atoms with Crippen molar-refractivity contribution in [3.63, 3.8) is 0 Å². The fourth-order valence-corrected chi connectivity index (χ4v) is 2.11. The zero-order valence-corrected chi connectivity index (χ0v) is 13.6. The minimum Gasteiger partial charge on any atom is -0.490 e. The summed E-state index contributed by atoms with van der Waals surface area (Å²) in [7, 11) is 0. The minimum atomic E-state index is -0.780. The molecular weight excluding hydrogens is 321 g/mol. The highest BCUT2D eigenvalue weighted by atomic mass is 35.5. The zero-order valence-electron chi connectivity index (χ0n) is 12.8. The molecule has 122 valence electrons. The summed E-state index contributed by atoms with van der Waals surface area (Å²) in [6.07, 6.45) is -0.780. The van der Waals surface area contributed by atoms with Gasteiger partial charge < -0.3 is 14.8 Å². The van der Waals surface area contributed by atoms with Crippen LogP contribution in [0.3, 0.4) is 0 Å². The van der Waals surface area contributed by atoms with Crippen LogP contribution >= 0.6 is 11.6 Å². The molecule has 0 saturated heterocycles. The Morgan fingerprint density at radius 3 is 2.61 bits per heavy atom. The second kappa shape index (κ2) is 7.83. The summed E-state index contributed by atoms with van der Waals surface area (Å²) in [4.78, 5) is 12.2. The maximum absolute atomic E-state index is 13.0. The number of ether oxygens (including phenoxy) is 2. The van der Waals surface area contributed by atoms with Crippen molar-refractivity contribution in [3.8, 4) is 11.5 Å². The zero-order chi connectivity index (χ0) is 16.8. The molecule has 4 nitrogen and oxygen atoms in total. The van der Waals surface area contributed by atoms with Crippen molar-refractivity contribution < 1.29 is 18.7 Å². The molecular formula is C17H17ClFNO3. The number of nitrogens with one attached hydrogen (secondary N) is 1. The number of benzene rings is 2. The Balaban J connectivity index is 2.05. The van der Waals surface area contributed by atoms with Gasteiger partial charge in [-0.3, -0.25) is 4.79 Å². The molecule has 2 aromatic carbocycles. The summed E-state index contributed by atoms with van der Waals surface area (Å²) in [5, 5.41) is 2.73. The van der Waals surface area contributed by atoms with E-state index in [0.717, 1.165) is 6.07 Å². The van der Waals surface area contributed by atoms with Crippen molar-refractivity contribution in [2.45, 2.75) is 20.0 Å². The van der Waals surface area contributed by atoms with Gasteiger partial charge in [-0.15, -0.1) is 0 Å². The van der Waals surface area contributed by atoms with Gasteiger partial charge in [0.2, 0.25) is 0 Å². The number of rotatable bonds is 6. The quantitative estimate of drug-likeness (QED) is 0.855. The molecule has 1 amide bonds. The second-order valence-corrected chi connectivity index (χ2v) is 5.16. The van der Waals surface area contributed by atoms with Gasteiger partial charge in [0.05, 0.1) is 17.3 Å². The Morgan fingerprint density at radius 2 is 1.96 bits per heavy atom. The van der Waals surface area contributed by atoms with E-state index >= 15 is 0 Å². The third-order valence-corrected chi connectivity index (χ3v) is 3.32. The largest absolute Gasteiger partial charge is 0.490 e. The van der Waals surface area contributed by atoms with Gasteiger partial charge in [-0.1, -0.05) is 23.7 Å². The first kappa shape index (κ1) is 17.1. The predicted molar refractivity (Wildman–Crippen MR) is 87.7 cm³/mol. The lowest BCUT2D eigenvalue weighted by molar-refractivity contribution is -0.122. The minimum absolute atomic E-state index is 0.125. The van der Waals surface area contributed by atoms with Gasteiger partial charge in [0, 0.05) is 0 Å². The van der Waals surface area contributed by atoms with E-state index in [0.29, 0.717) is 23.8 Å². The summed E-state index contributed by atoms with van der Waals surface area (Å²) in [6.45, 7) is 3.96. The van der Waals surface area contributed by atoms with Crippen molar-refractivity contribution >= 4 is 23.2 Å². The lowest BCUT2D eigenvalue weighted by Crippen LogP contribution is -2.30. The first-order valence-corrected chi connectivity index (χ1v) is 7.53. The molecule has 0 aromatic heterocycles. The number of hydrogen-bond donors (Lipinski definition) is 1. The molecule has 23 heavy (non-hydrogen) atoms. The third-order valence-electron chi connectivity index (χ3n) is 3.01. The number of amides is 1. The standard InChI is InChI=1S/C17H17ClFNO3/c1-3-22-15-6-4-5-7-16(15)23-11(2)17(21)20-14-9-8-12(19)10-13(14)18/h4-11H,3H2,1-2H3,(H,20,21)/t11-/m0/s1. The van der Waals surface area contributed by atoms with E-state index in [1.165, 1.54) is 12.1 Å². The van der Waals surface area contributed by atoms with Gasteiger partial charge in [0.1, 0.15) is 5.82 Å². The molecule has 0 heterocycles. The summed E-state index contributed by atoms with van der Waals surface area (Å²) in [6, 6.07) is 10.8. The molecule has 0 aliphatic rings. The van der Waals surface area contributed by atoms with E-state index in [9.17, 15) is 9.18 Å². The normalized spacial score (nSPS) is 11.7.